The smallest absolute Gasteiger partial charge is 0.0402 e. The lowest BCUT2D eigenvalue weighted by molar-refractivity contribution is 0.0875. The number of rotatable bonds is 3. The van der Waals surface area contributed by atoms with Gasteiger partial charge in [-0.2, -0.15) is 0 Å². The molecule has 1 aromatic carbocycles. The van der Waals surface area contributed by atoms with Crippen LogP contribution in [0.4, 0.5) is 0 Å². The maximum atomic E-state index is 6.02. The molecular formula is C15H21BrN2. The number of halogens is 1. The second-order valence-corrected chi connectivity index (χ2v) is 6.43. The molecule has 0 aromatic heterocycles. The molecule has 98 valence electrons. The molecule has 2 N–H and O–H groups in total. The quantitative estimate of drug-likeness (QED) is 0.928. The molecule has 1 heterocycles. The first-order valence-corrected chi connectivity index (χ1v) is 7.81. The van der Waals surface area contributed by atoms with E-state index in [1.165, 1.54) is 42.3 Å². The molecule has 1 saturated heterocycles. The fraction of sp³-hybridized carbons (Fsp3) is 0.600. The fourth-order valence-corrected chi connectivity index (χ4v) is 3.83. The van der Waals surface area contributed by atoms with E-state index in [2.05, 4.69) is 45.1 Å². The summed E-state index contributed by atoms with van der Waals surface area (Å²) in [4.78, 5) is 2.71. The highest BCUT2D eigenvalue weighted by atomic mass is 79.9. The van der Waals surface area contributed by atoms with Crippen LogP contribution in [0.2, 0.25) is 0 Å². The van der Waals surface area contributed by atoms with Crippen LogP contribution in [0.25, 0.3) is 0 Å². The minimum Gasteiger partial charge on any atom is -0.330 e. The molecule has 2 nitrogen and oxygen atoms in total. The highest BCUT2D eigenvalue weighted by molar-refractivity contribution is 9.10. The highest BCUT2D eigenvalue weighted by Gasteiger charge is 2.40. The normalized spacial score (nSPS) is 29.4. The molecule has 0 radical (unpaired) electrons. The van der Waals surface area contributed by atoms with E-state index in [9.17, 15) is 0 Å². The number of benzene rings is 1. The average Bonchev–Trinajstić information content (AvgIpc) is 3.23. The van der Waals surface area contributed by atoms with Gasteiger partial charge in [-0.1, -0.05) is 34.1 Å². The second-order valence-electron chi connectivity index (χ2n) is 5.57. The summed E-state index contributed by atoms with van der Waals surface area (Å²) in [6.45, 7) is 2.04. The summed E-state index contributed by atoms with van der Waals surface area (Å²) in [5.41, 5.74) is 7.45. The Labute approximate surface area is 118 Å². The molecule has 3 heteroatoms. The Morgan fingerprint density at radius 1 is 1.22 bits per heavy atom. The number of piperidine rings is 1. The number of nitrogens with zero attached hydrogens (tertiary/aromatic N) is 1. The van der Waals surface area contributed by atoms with Gasteiger partial charge in [-0.05, 0) is 56.3 Å². The van der Waals surface area contributed by atoms with Crippen molar-refractivity contribution in [1.82, 2.24) is 4.90 Å². The van der Waals surface area contributed by atoms with Crippen LogP contribution in [0.5, 0.6) is 0 Å². The average molecular weight is 309 g/mol. The molecule has 1 aromatic rings. The van der Waals surface area contributed by atoms with E-state index in [0.717, 1.165) is 12.6 Å². The van der Waals surface area contributed by atoms with E-state index in [4.69, 9.17) is 5.73 Å². The van der Waals surface area contributed by atoms with Crippen LogP contribution in [-0.4, -0.2) is 24.0 Å². The van der Waals surface area contributed by atoms with E-state index in [1.54, 1.807) is 0 Å². The van der Waals surface area contributed by atoms with Crippen molar-refractivity contribution in [1.29, 1.82) is 0 Å². The van der Waals surface area contributed by atoms with Gasteiger partial charge in [0.2, 0.25) is 0 Å². The number of hydrogen-bond donors (Lipinski definition) is 1. The minimum atomic E-state index is 0.520. The SMILES string of the molecule is NCC1CCCN(C2CC2)C1c1ccccc1Br. The summed E-state index contributed by atoms with van der Waals surface area (Å²) in [5.74, 6) is 0.609. The fourth-order valence-electron chi connectivity index (χ4n) is 3.31. The van der Waals surface area contributed by atoms with Crippen LogP contribution in [-0.2, 0) is 0 Å². The number of nitrogens with two attached hydrogens (primary N) is 1. The third kappa shape index (κ3) is 2.36. The van der Waals surface area contributed by atoms with Crippen LogP contribution in [0, 0.1) is 5.92 Å². The molecule has 2 aliphatic rings. The molecule has 1 saturated carbocycles. The summed E-state index contributed by atoms with van der Waals surface area (Å²) < 4.78 is 1.24. The van der Waals surface area contributed by atoms with Crippen molar-refractivity contribution in [2.24, 2.45) is 11.7 Å². The van der Waals surface area contributed by atoms with Crippen LogP contribution in [0.3, 0.4) is 0 Å². The number of likely N-dealkylation sites (tertiary alicyclic amines) is 1. The van der Waals surface area contributed by atoms with Crippen molar-refractivity contribution >= 4 is 15.9 Å². The maximum absolute atomic E-state index is 6.02. The second kappa shape index (κ2) is 5.32. The van der Waals surface area contributed by atoms with Gasteiger partial charge in [-0.3, -0.25) is 4.90 Å². The van der Waals surface area contributed by atoms with Crippen molar-refractivity contribution in [3.8, 4) is 0 Å². The molecule has 18 heavy (non-hydrogen) atoms. The summed E-state index contributed by atoms with van der Waals surface area (Å²) in [5, 5.41) is 0. The Balaban J connectivity index is 1.94. The molecule has 1 aliphatic heterocycles. The summed E-state index contributed by atoms with van der Waals surface area (Å²) in [6.07, 6.45) is 5.32. The lowest BCUT2D eigenvalue weighted by Gasteiger charge is -2.42. The zero-order valence-corrected chi connectivity index (χ0v) is 12.3. The van der Waals surface area contributed by atoms with Crippen molar-refractivity contribution in [2.75, 3.05) is 13.1 Å². The van der Waals surface area contributed by atoms with Crippen LogP contribution >= 0.6 is 15.9 Å². The third-order valence-electron chi connectivity index (χ3n) is 4.34. The Kier molecular flexibility index (Phi) is 3.73. The first kappa shape index (κ1) is 12.6. The maximum Gasteiger partial charge on any atom is 0.0402 e. The van der Waals surface area contributed by atoms with Gasteiger partial charge < -0.3 is 5.73 Å². The molecule has 0 spiro atoms. The summed E-state index contributed by atoms with van der Waals surface area (Å²) in [6, 6.07) is 9.99. The van der Waals surface area contributed by atoms with Crippen LogP contribution < -0.4 is 5.73 Å². The van der Waals surface area contributed by atoms with E-state index >= 15 is 0 Å². The molecule has 3 rings (SSSR count). The van der Waals surface area contributed by atoms with E-state index in [1.807, 2.05) is 0 Å². The van der Waals surface area contributed by atoms with Gasteiger partial charge in [-0.25, -0.2) is 0 Å². The van der Waals surface area contributed by atoms with Crippen molar-refractivity contribution in [3.63, 3.8) is 0 Å². The Hall–Kier alpha value is -0.380. The van der Waals surface area contributed by atoms with Gasteiger partial charge >= 0.3 is 0 Å². The first-order valence-electron chi connectivity index (χ1n) is 7.01. The van der Waals surface area contributed by atoms with Gasteiger partial charge in [-0.15, -0.1) is 0 Å². The van der Waals surface area contributed by atoms with E-state index in [0.29, 0.717) is 12.0 Å². The van der Waals surface area contributed by atoms with Gasteiger partial charge in [0, 0.05) is 16.6 Å². The predicted molar refractivity (Wildman–Crippen MR) is 78.4 cm³/mol. The molecule has 0 bridgehead atoms. The van der Waals surface area contributed by atoms with E-state index in [-0.39, 0.29) is 0 Å². The lowest BCUT2D eigenvalue weighted by atomic mass is 9.84. The Bertz CT molecular complexity index is 417. The lowest BCUT2D eigenvalue weighted by Crippen LogP contribution is -2.42. The van der Waals surface area contributed by atoms with Crippen molar-refractivity contribution in [3.05, 3.63) is 34.3 Å². The zero-order valence-electron chi connectivity index (χ0n) is 10.7. The van der Waals surface area contributed by atoms with Gasteiger partial charge in [0.1, 0.15) is 0 Å². The third-order valence-corrected chi connectivity index (χ3v) is 5.06. The molecule has 0 amide bonds. The number of hydrogen-bond acceptors (Lipinski definition) is 2. The Morgan fingerprint density at radius 3 is 2.67 bits per heavy atom. The summed E-state index contributed by atoms with van der Waals surface area (Å²) >= 11 is 3.72. The topological polar surface area (TPSA) is 29.3 Å². The Morgan fingerprint density at radius 2 is 2.00 bits per heavy atom. The molecular weight excluding hydrogens is 288 g/mol. The summed E-state index contributed by atoms with van der Waals surface area (Å²) in [7, 11) is 0. The standard InChI is InChI=1S/C15H21BrN2/c16-14-6-2-1-5-13(14)15-11(10-17)4-3-9-18(15)12-7-8-12/h1-2,5-6,11-12,15H,3-4,7-10,17H2. The molecule has 2 fully saturated rings. The van der Waals surface area contributed by atoms with Gasteiger partial charge in [0.05, 0.1) is 0 Å². The monoisotopic (exact) mass is 308 g/mol. The van der Waals surface area contributed by atoms with Crippen molar-refractivity contribution in [2.45, 2.75) is 37.8 Å². The van der Waals surface area contributed by atoms with Gasteiger partial charge in [0.25, 0.3) is 0 Å². The molecule has 2 unspecified atom stereocenters. The largest absolute Gasteiger partial charge is 0.330 e. The predicted octanol–water partition coefficient (Wildman–Crippen LogP) is 3.32. The van der Waals surface area contributed by atoms with Crippen molar-refractivity contribution < 1.29 is 0 Å². The molecule has 2 atom stereocenters. The zero-order chi connectivity index (χ0) is 12.5. The first-order chi connectivity index (χ1) is 8.81. The molecule has 1 aliphatic carbocycles. The van der Waals surface area contributed by atoms with Crippen LogP contribution in [0.1, 0.15) is 37.3 Å². The van der Waals surface area contributed by atoms with Crippen LogP contribution in [0.15, 0.2) is 28.7 Å². The van der Waals surface area contributed by atoms with Gasteiger partial charge in [0.15, 0.2) is 0 Å². The van der Waals surface area contributed by atoms with E-state index < -0.39 is 0 Å². The minimum absolute atomic E-state index is 0.520. The highest BCUT2D eigenvalue weighted by Crippen LogP contribution is 2.44.